The maximum absolute atomic E-state index is 5.88. The smallest absolute Gasteiger partial charge is 0.0964 e. The Kier molecular flexibility index (Phi) is 28.9. The molecule has 0 aliphatic rings. The summed E-state index contributed by atoms with van der Waals surface area (Å²) in [5.41, 5.74) is 0. The lowest BCUT2D eigenvalue weighted by atomic mass is 10.0. The predicted molar refractivity (Wildman–Crippen MR) is 160 cm³/mol. The first kappa shape index (κ1) is 34.3. The van der Waals surface area contributed by atoms with Crippen molar-refractivity contribution >= 4 is 0 Å². The Labute approximate surface area is 223 Å². The number of allylic oxidation sites excluding steroid dienone is 2. The van der Waals surface area contributed by atoms with E-state index in [1.165, 1.54) is 167 Å². The molecule has 0 fully saturated rings. The third-order valence-electron chi connectivity index (χ3n) is 7.41. The summed E-state index contributed by atoms with van der Waals surface area (Å²) < 4.78 is 5.88. The zero-order chi connectivity index (χ0) is 25.7. The third-order valence-corrected chi connectivity index (χ3v) is 7.41. The average molecular weight is 491 g/mol. The van der Waals surface area contributed by atoms with Crippen molar-refractivity contribution in [3.05, 3.63) is 24.7 Å². The molecule has 0 spiro atoms. The van der Waals surface area contributed by atoms with E-state index >= 15 is 0 Å². The van der Waals surface area contributed by atoms with E-state index in [0.717, 1.165) is 24.4 Å². The van der Waals surface area contributed by atoms with Crippen molar-refractivity contribution in [3.8, 4) is 0 Å². The molecule has 0 bridgehead atoms. The summed E-state index contributed by atoms with van der Waals surface area (Å²) in [6, 6.07) is 0. The number of hydrogen-bond donors (Lipinski definition) is 0. The molecule has 1 nitrogen and oxygen atoms in total. The Morgan fingerprint density at radius 2 is 0.543 bits per heavy atom. The lowest BCUT2D eigenvalue weighted by Gasteiger charge is -2.11. The van der Waals surface area contributed by atoms with Gasteiger partial charge in [0.15, 0.2) is 0 Å². The molecule has 0 aliphatic heterocycles. The highest BCUT2D eigenvalue weighted by Crippen LogP contribution is 2.19. The number of unbranched alkanes of at least 4 members (excludes halogenated alkanes) is 24. The van der Waals surface area contributed by atoms with Gasteiger partial charge in [-0.2, -0.15) is 0 Å². The molecule has 0 aromatic rings. The van der Waals surface area contributed by atoms with E-state index in [0.29, 0.717) is 0 Å². The molecule has 0 N–H and O–H groups in total. The Balaban J connectivity index is 3.29. The standard InChI is InChI=1S/C34H66O/c1-5-7-9-11-13-15-17-19-21-23-25-27-29-31-33(3)35-34(4)32-30-28-26-24-22-20-18-16-14-12-10-8-6-2/h3-32H2,1-2H3. The van der Waals surface area contributed by atoms with Crippen LogP contribution in [0.15, 0.2) is 24.7 Å². The highest BCUT2D eigenvalue weighted by molar-refractivity contribution is 4.93. The first-order valence-corrected chi connectivity index (χ1v) is 16.2. The molecule has 0 radical (unpaired) electrons. The summed E-state index contributed by atoms with van der Waals surface area (Å²) in [5.74, 6) is 1.85. The van der Waals surface area contributed by atoms with Crippen LogP contribution in [0.1, 0.15) is 194 Å². The van der Waals surface area contributed by atoms with Gasteiger partial charge in [-0.25, -0.2) is 0 Å². The average Bonchev–Trinajstić information content (AvgIpc) is 2.85. The highest BCUT2D eigenvalue weighted by atomic mass is 16.5. The summed E-state index contributed by atoms with van der Waals surface area (Å²) in [5, 5.41) is 0. The van der Waals surface area contributed by atoms with Crippen molar-refractivity contribution in [2.24, 2.45) is 0 Å². The normalized spacial score (nSPS) is 11.1. The summed E-state index contributed by atoms with van der Waals surface area (Å²) in [4.78, 5) is 0. The molecule has 0 aliphatic carbocycles. The quantitative estimate of drug-likeness (QED) is 0.0718. The van der Waals surface area contributed by atoms with Crippen LogP contribution in [0.5, 0.6) is 0 Å². The molecule has 0 aromatic heterocycles. The molecule has 0 aromatic carbocycles. The number of rotatable bonds is 30. The van der Waals surface area contributed by atoms with Gasteiger partial charge in [-0.3, -0.25) is 0 Å². The lowest BCUT2D eigenvalue weighted by molar-refractivity contribution is 0.274. The molecule has 0 heterocycles. The number of ether oxygens (including phenoxy) is 1. The largest absolute Gasteiger partial charge is 0.467 e. The van der Waals surface area contributed by atoms with E-state index in [2.05, 4.69) is 27.0 Å². The zero-order valence-electron chi connectivity index (χ0n) is 24.6. The van der Waals surface area contributed by atoms with E-state index in [4.69, 9.17) is 4.74 Å². The van der Waals surface area contributed by atoms with Crippen LogP contribution in [0, 0.1) is 0 Å². The second-order valence-electron chi connectivity index (χ2n) is 11.2. The second-order valence-corrected chi connectivity index (χ2v) is 11.2. The third kappa shape index (κ3) is 29.4. The van der Waals surface area contributed by atoms with Crippen molar-refractivity contribution in [2.45, 2.75) is 194 Å². The van der Waals surface area contributed by atoms with Crippen LogP contribution in [0.2, 0.25) is 0 Å². The Bertz CT molecular complexity index is 398. The van der Waals surface area contributed by atoms with E-state index < -0.39 is 0 Å². The van der Waals surface area contributed by atoms with E-state index in [1.54, 1.807) is 0 Å². The minimum atomic E-state index is 0.924. The SMILES string of the molecule is C=C(CCCCCCCCCCCCCCC)OC(=C)CCCCCCCCCCCCCCC. The van der Waals surface area contributed by atoms with Gasteiger partial charge >= 0.3 is 0 Å². The first-order chi connectivity index (χ1) is 17.2. The van der Waals surface area contributed by atoms with Gasteiger partial charge < -0.3 is 4.74 Å². The van der Waals surface area contributed by atoms with Crippen LogP contribution in [0.4, 0.5) is 0 Å². The van der Waals surface area contributed by atoms with E-state index in [-0.39, 0.29) is 0 Å². The topological polar surface area (TPSA) is 9.23 Å². The van der Waals surface area contributed by atoms with Crippen molar-refractivity contribution in [2.75, 3.05) is 0 Å². The van der Waals surface area contributed by atoms with Crippen molar-refractivity contribution < 1.29 is 4.74 Å². The van der Waals surface area contributed by atoms with Crippen LogP contribution in [-0.2, 0) is 4.74 Å². The maximum Gasteiger partial charge on any atom is 0.0964 e. The van der Waals surface area contributed by atoms with Gasteiger partial charge in [0.25, 0.3) is 0 Å². The van der Waals surface area contributed by atoms with E-state index in [1.807, 2.05) is 0 Å². The minimum absolute atomic E-state index is 0.924. The van der Waals surface area contributed by atoms with Gasteiger partial charge in [-0.15, -0.1) is 0 Å². The van der Waals surface area contributed by atoms with Gasteiger partial charge in [0.05, 0.1) is 11.5 Å². The van der Waals surface area contributed by atoms with Crippen LogP contribution in [0.3, 0.4) is 0 Å². The Morgan fingerprint density at radius 1 is 0.343 bits per heavy atom. The number of hydrogen-bond acceptors (Lipinski definition) is 1. The molecule has 1 heteroatoms. The molecule has 0 saturated heterocycles. The zero-order valence-corrected chi connectivity index (χ0v) is 24.6. The van der Waals surface area contributed by atoms with Crippen molar-refractivity contribution in [1.29, 1.82) is 0 Å². The Morgan fingerprint density at radius 3 is 0.771 bits per heavy atom. The van der Waals surface area contributed by atoms with Crippen LogP contribution in [-0.4, -0.2) is 0 Å². The van der Waals surface area contributed by atoms with Crippen molar-refractivity contribution in [3.63, 3.8) is 0 Å². The highest BCUT2D eigenvalue weighted by Gasteiger charge is 2.01. The van der Waals surface area contributed by atoms with Crippen molar-refractivity contribution in [1.82, 2.24) is 0 Å². The summed E-state index contributed by atoms with van der Waals surface area (Å²) in [6.45, 7) is 12.8. The van der Waals surface area contributed by atoms with Crippen LogP contribution < -0.4 is 0 Å². The summed E-state index contributed by atoms with van der Waals surface area (Å²) in [6.07, 6.45) is 38.3. The van der Waals surface area contributed by atoms with Gasteiger partial charge in [-0.05, 0) is 12.8 Å². The van der Waals surface area contributed by atoms with Crippen LogP contribution in [0.25, 0.3) is 0 Å². The van der Waals surface area contributed by atoms with Gasteiger partial charge in [0.1, 0.15) is 0 Å². The fourth-order valence-corrected chi connectivity index (χ4v) is 4.99. The molecule has 0 atom stereocenters. The molecular formula is C34H66O. The molecular weight excluding hydrogens is 424 g/mol. The fourth-order valence-electron chi connectivity index (χ4n) is 4.99. The molecule has 0 amide bonds. The van der Waals surface area contributed by atoms with Crippen LogP contribution >= 0.6 is 0 Å². The molecule has 0 rings (SSSR count). The predicted octanol–water partition coefficient (Wildman–Crippen LogP) is 13.0. The fraction of sp³-hybridized carbons (Fsp3) is 0.882. The van der Waals surface area contributed by atoms with Gasteiger partial charge in [0.2, 0.25) is 0 Å². The lowest BCUT2D eigenvalue weighted by Crippen LogP contribution is -1.93. The summed E-state index contributed by atoms with van der Waals surface area (Å²) in [7, 11) is 0. The Hall–Kier alpha value is -0.720. The van der Waals surface area contributed by atoms with Gasteiger partial charge in [-0.1, -0.05) is 181 Å². The minimum Gasteiger partial charge on any atom is -0.467 e. The first-order valence-electron chi connectivity index (χ1n) is 16.2. The second kappa shape index (κ2) is 29.5. The molecule has 208 valence electrons. The molecule has 0 unspecified atom stereocenters. The monoisotopic (exact) mass is 491 g/mol. The molecule has 35 heavy (non-hydrogen) atoms. The van der Waals surface area contributed by atoms with E-state index in [9.17, 15) is 0 Å². The molecule has 0 saturated carbocycles. The van der Waals surface area contributed by atoms with Gasteiger partial charge in [0, 0.05) is 12.8 Å². The summed E-state index contributed by atoms with van der Waals surface area (Å²) >= 11 is 0. The maximum atomic E-state index is 5.88.